The van der Waals surface area contributed by atoms with Gasteiger partial charge in [0.05, 0.1) is 26.9 Å². The van der Waals surface area contributed by atoms with Gasteiger partial charge in [-0.25, -0.2) is 0 Å². The molecule has 5 heteroatoms. The second kappa shape index (κ2) is 7.57. The van der Waals surface area contributed by atoms with E-state index >= 15 is 0 Å². The number of rotatable bonds is 5. The molecule has 1 aliphatic carbocycles. The topological polar surface area (TPSA) is 56.8 Å². The van der Waals surface area contributed by atoms with E-state index in [1.165, 1.54) is 6.42 Å². The third-order valence-corrected chi connectivity index (χ3v) is 4.97. The molecule has 1 fully saturated rings. The number of benzene rings is 1. The van der Waals surface area contributed by atoms with Crippen molar-refractivity contribution in [2.75, 3.05) is 21.3 Å². The minimum Gasteiger partial charge on any atom is -0.496 e. The lowest BCUT2D eigenvalue weighted by molar-refractivity contribution is 0.0887. The molecule has 1 aromatic rings. The number of hydrogen-bond donors (Lipinski definition) is 1. The molecule has 5 nitrogen and oxygen atoms in total. The van der Waals surface area contributed by atoms with Crippen LogP contribution in [-0.4, -0.2) is 33.3 Å². The summed E-state index contributed by atoms with van der Waals surface area (Å²) in [5.74, 6) is 2.51. The Bertz CT molecular complexity index is 558. The highest BCUT2D eigenvalue weighted by Crippen LogP contribution is 2.35. The monoisotopic (exact) mass is 321 g/mol. The van der Waals surface area contributed by atoms with Crippen molar-refractivity contribution in [1.29, 1.82) is 0 Å². The van der Waals surface area contributed by atoms with Crippen molar-refractivity contribution in [3.63, 3.8) is 0 Å². The number of methoxy groups -OCH3 is 3. The van der Waals surface area contributed by atoms with Gasteiger partial charge < -0.3 is 19.5 Å². The SMILES string of the molecule is COc1cc(OC)c(C(=O)NC2CCCC(C)C2C)cc1OC. The third-order valence-electron chi connectivity index (χ3n) is 4.97. The van der Waals surface area contributed by atoms with Crippen LogP contribution < -0.4 is 19.5 Å². The highest BCUT2D eigenvalue weighted by molar-refractivity contribution is 5.98. The molecular formula is C18H27NO4. The first kappa shape index (κ1) is 17.4. The predicted octanol–water partition coefficient (Wildman–Crippen LogP) is 3.27. The molecule has 1 aromatic carbocycles. The Morgan fingerprint density at radius 2 is 1.61 bits per heavy atom. The van der Waals surface area contributed by atoms with Crippen LogP contribution in [0.3, 0.4) is 0 Å². The number of carbonyl (C=O) groups excluding carboxylic acids is 1. The molecule has 1 N–H and O–H groups in total. The molecule has 1 aliphatic rings. The van der Waals surface area contributed by atoms with Gasteiger partial charge in [0.2, 0.25) is 0 Å². The summed E-state index contributed by atoms with van der Waals surface area (Å²) in [6.45, 7) is 4.46. The van der Waals surface area contributed by atoms with E-state index in [-0.39, 0.29) is 11.9 Å². The van der Waals surface area contributed by atoms with E-state index in [0.29, 0.717) is 34.6 Å². The first-order chi connectivity index (χ1) is 11.0. The molecule has 0 saturated heterocycles. The zero-order valence-electron chi connectivity index (χ0n) is 14.6. The second-order valence-corrected chi connectivity index (χ2v) is 6.25. The largest absolute Gasteiger partial charge is 0.496 e. The van der Waals surface area contributed by atoms with Crippen LogP contribution in [0.2, 0.25) is 0 Å². The lowest BCUT2D eigenvalue weighted by atomic mass is 9.78. The van der Waals surface area contributed by atoms with E-state index in [1.807, 2.05) is 0 Å². The van der Waals surface area contributed by atoms with Crippen LogP contribution in [0.5, 0.6) is 17.2 Å². The van der Waals surface area contributed by atoms with Gasteiger partial charge in [-0.1, -0.05) is 26.7 Å². The van der Waals surface area contributed by atoms with Crippen LogP contribution in [-0.2, 0) is 0 Å². The summed E-state index contributed by atoms with van der Waals surface area (Å²) in [6, 6.07) is 3.55. The molecule has 0 spiro atoms. The highest BCUT2D eigenvalue weighted by atomic mass is 16.5. The molecule has 2 rings (SSSR count). The Kier molecular flexibility index (Phi) is 5.74. The molecule has 0 heterocycles. The summed E-state index contributed by atoms with van der Waals surface area (Å²) >= 11 is 0. The standard InChI is InChI=1S/C18H27NO4/c1-11-7-6-8-14(12(11)2)19-18(20)13-9-16(22-4)17(23-5)10-15(13)21-3/h9-12,14H,6-8H2,1-5H3,(H,19,20). The molecule has 128 valence electrons. The van der Waals surface area contributed by atoms with Crippen molar-refractivity contribution >= 4 is 5.91 Å². The highest BCUT2D eigenvalue weighted by Gasteiger charge is 2.29. The molecule has 0 aromatic heterocycles. The number of nitrogens with one attached hydrogen (secondary N) is 1. The van der Waals surface area contributed by atoms with Crippen LogP contribution in [0.25, 0.3) is 0 Å². The summed E-state index contributed by atoms with van der Waals surface area (Å²) in [5, 5.41) is 3.16. The average molecular weight is 321 g/mol. The number of amides is 1. The second-order valence-electron chi connectivity index (χ2n) is 6.25. The van der Waals surface area contributed by atoms with Gasteiger partial charge in [-0.15, -0.1) is 0 Å². The number of hydrogen-bond acceptors (Lipinski definition) is 4. The predicted molar refractivity (Wildman–Crippen MR) is 89.5 cm³/mol. The van der Waals surface area contributed by atoms with E-state index in [2.05, 4.69) is 19.2 Å². The first-order valence-corrected chi connectivity index (χ1v) is 8.12. The maximum Gasteiger partial charge on any atom is 0.255 e. The molecule has 3 unspecified atom stereocenters. The van der Waals surface area contributed by atoms with Gasteiger partial charge >= 0.3 is 0 Å². The summed E-state index contributed by atoms with van der Waals surface area (Å²) in [7, 11) is 4.66. The van der Waals surface area contributed by atoms with E-state index in [1.54, 1.807) is 33.5 Å². The Morgan fingerprint density at radius 1 is 1.00 bits per heavy atom. The first-order valence-electron chi connectivity index (χ1n) is 8.12. The van der Waals surface area contributed by atoms with Crippen molar-refractivity contribution in [3.8, 4) is 17.2 Å². The van der Waals surface area contributed by atoms with Crippen molar-refractivity contribution < 1.29 is 19.0 Å². The van der Waals surface area contributed by atoms with E-state index < -0.39 is 0 Å². The summed E-state index contributed by atoms with van der Waals surface area (Å²) in [4.78, 5) is 12.7. The average Bonchev–Trinajstić information content (AvgIpc) is 2.57. The van der Waals surface area contributed by atoms with E-state index in [0.717, 1.165) is 12.8 Å². The smallest absolute Gasteiger partial charge is 0.255 e. The fraction of sp³-hybridized carbons (Fsp3) is 0.611. The van der Waals surface area contributed by atoms with Gasteiger partial charge in [0.15, 0.2) is 11.5 Å². The molecule has 1 amide bonds. The molecule has 0 aliphatic heterocycles. The normalized spacial score (nSPS) is 24.0. The van der Waals surface area contributed by atoms with Gasteiger partial charge in [0, 0.05) is 18.2 Å². The van der Waals surface area contributed by atoms with Gasteiger partial charge in [-0.2, -0.15) is 0 Å². The summed E-state index contributed by atoms with van der Waals surface area (Å²) < 4.78 is 15.9. The van der Waals surface area contributed by atoms with E-state index in [9.17, 15) is 4.79 Å². The lowest BCUT2D eigenvalue weighted by Crippen LogP contribution is -2.43. The molecule has 1 saturated carbocycles. The van der Waals surface area contributed by atoms with Gasteiger partial charge in [0.25, 0.3) is 5.91 Å². The van der Waals surface area contributed by atoms with Crippen LogP contribution in [0.1, 0.15) is 43.5 Å². The number of ether oxygens (including phenoxy) is 3. The van der Waals surface area contributed by atoms with Gasteiger partial charge in [-0.3, -0.25) is 4.79 Å². The molecule has 0 radical (unpaired) electrons. The zero-order valence-corrected chi connectivity index (χ0v) is 14.6. The maximum absolute atomic E-state index is 12.7. The number of carbonyl (C=O) groups is 1. The quantitative estimate of drug-likeness (QED) is 0.904. The van der Waals surface area contributed by atoms with Crippen molar-refractivity contribution in [1.82, 2.24) is 5.32 Å². The van der Waals surface area contributed by atoms with Crippen LogP contribution >= 0.6 is 0 Å². The van der Waals surface area contributed by atoms with Crippen molar-refractivity contribution in [3.05, 3.63) is 17.7 Å². The Labute approximate surface area is 138 Å². The zero-order chi connectivity index (χ0) is 17.0. The van der Waals surface area contributed by atoms with Crippen molar-refractivity contribution in [2.24, 2.45) is 11.8 Å². The third kappa shape index (κ3) is 3.71. The minimum absolute atomic E-state index is 0.131. The molecule has 23 heavy (non-hydrogen) atoms. The molecule has 0 bridgehead atoms. The van der Waals surface area contributed by atoms with Crippen LogP contribution in [0.4, 0.5) is 0 Å². The fourth-order valence-electron chi connectivity index (χ4n) is 3.24. The van der Waals surface area contributed by atoms with Crippen molar-refractivity contribution in [2.45, 2.75) is 39.2 Å². The minimum atomic E-state index is -0.131. The van der Waals surface area contributed by atoms with Crippen LogP contribution in [0.15, 0.2) is 12.1 Å². The lowest BCUT2D eigenvalue weighted by Gasteiger charge is -2.34. The fourth-order valence-corrected chi connectivity index (χ4v) is 3.24. The summed E-state index contributed by atoms with van der Waals surface area (Å²) in [6.07, 6.45) is 3.40. The van der Waals surface area contributed by atoms with Crippen LogP contribution in [0, 0.1) is 11.8 Å². The maximum atomic E-state index is 12.7. The van der Waals surface area contributed by atoms with Gasteiger partial charge in [-0.05, 0) is 18.3 Å². The van der Waals surface area contributed by atoms with Gasteiger partial charge in [0.1, 0.15) is 5.75 Å². The van der Waals surface area contributed by atoms with E-state index in [4.69, 9.17) is 14.2 Å². The molecule has 3 atom stereocenters. The summed E-state index contributed by atoms with van der Waals surface area (Å²) in [5.41, 5.74) is 0.468. The Hall–Kier alpha value is -1.91. The Morgan fingerprint density at radius 3 is 2.22 bits per heavy atom. The Balaban J connectivity index is 2.24. The molecular weight excluding hydrogens is 294 g/mol.